The molecule has 0 aliphatic carbocycles. The Bertz CT molecular complexity index is 732. The van der Waals surface area contributed by atoms with Crippen LogP contribution in [0.15, 0.2) is 42.5 Å². The van der Waals surface area contributed by atoms with Gasteiger partial charge in [-0.2, -0.15) is 13.2 Å². The molecule has 24 heavy (non-hydrogen) atoms. The van der Waals surface area contributed by atoms with Gasteiger partial charge in [0.25, 0.3) is 5.17 Å². The van der Waals surface area contributed by atoms with E-state index in [0.29, 0.717) is 16.8 Å². The van der Waals surface area contributed by atoms with Gasteiger partial charge in [0.15, 0.2) is 0 Å². The quantitative estimate of drug-likeness (QED) is 0.788. The third-order valence-electron chi connectivity index (χ3n) is 3.26. The van der Waals surface area contributed by atoms with Gasteiger partial charge in [-0.3, -0.25) is 0 Å². The minimum absolute atomic E-state index is 0.0400. The molecule has 0 fully saturated rings. The molecule has 0 aliphatic heterocycles. The summed E-state index contributed by atoms with van der Waals surface area (Å²) in [7, 11) is 1.43. The SMILES string of the molecule is COC(=S)Nc1ccccc1COc1ccc(C)cc1C(F)(F)F. The van der Waals surface area contributed by atoms with Crippen LogP contribution in [0, 0.1) is 6.92 Å². The molecule has 128 valence electrons. The number of benzene rings is 2. The van der Waals surface area contributed by atoms with E-state index in [-0.39, 0.29) is 17.5 Å². The van der Waals surface area contributed by atoms with E-state index in [4.69, 9.17) is 21.7 Å². The van der Waals surface area contributed by atoms with E-state index < -0.39 is 11.7 Å². The van der Waals surface area contributed by atoms with Gasteiger partial charge in [0.2, 0.25) is 0 Å². The Balaban J connectivity index is 2.22. The summed E-state index contributed by atoms with van der Waals surface area (Å²) in [6.45, 7) is 1.56. The van der Waals surface area contributed by atoms with Crippen LogP contribution in [0.25, 0.3) is 0 Å². The maximum absolute atomic E-state index is 13.1. The number of thiocarbonyl (C=S) groups is 1. The van der Waals surface area contributed by atoms with Crippen LogP contribution in [0.3, 0.4) is 0 Å². The summed E-state index contributed by atoms with van der Waals surface area (Å²) in [5, 5.41) is 3.02. The molecule has 0 heterocycles. The monoisotopic (exact) mass is 355 g/mol. The average molecular weight is 355 g/mol. The molecule has 2 aromatic rings. The van der Waals surface area contributed by atoms with E-state index in [0.717, 1.165) is 6.07 Å². The maximum atomic E-state index is 13.1. The van der Waals surface area contributed by atoms with Gasteiger partial charge in [-0.25, -0.2) is 0 Å². The predicted octanol–water partition coefficient (Wildman–Crippen LogP) is 4.94. The highest BCUT2D eigenvalue weighted by molar-refractivity contribution is 7.80. The lowest BCUT2D eigenvalue weighted by Crippen LogP contribution is -2.13. The molecule has 7 heteroatoms. The Hall–Kier alpha value is -2.28. The van der Waals surface area contributed by atoms with Crippen molar-refractivity contribution in [3.05, 3.63) is 59.2 Å². The first-order valence-electron chi connectivity index (χ1n) is 7.05. The van der Waals surface area contributed by atoms with Crippen molar-refractivity contribution in [1.82, 2.24) is 0 Å². The molecule has 0 aromatic heterocycles. The molecule has 0 spiro atoms. The third kappa shape index (κ3) is 4.61. The zero-order valence-corrected chi connectivity index (χ0v) is 13.9. The number of alkyl halides is 3. The molecule has 0 saturated carbocycles. The minimum Gasteiger partial charge on any atom is -0.488 e. The maximum Gasteiger partial charge on any atom is 0.419 e. The number of anilines is 1. The molecule has 0 saturated heterocycles. The van der Waals surface area contributed by atoms with Gasteiger partial charge >= 0.3 is 6.18 Å². The number of para-hydroxylation sites is 1. The van der Waals surface area contributed by atoms with E-state index in [1.165, 1.54) is 13.2 Å². The molecule has 2 rings (SSSR count). The highest BCUT2D eigenvalue weighted by Gasteiger charge is 2.34. The van der Waals surface area contributed by atoms with Gasteiger partial charge < -0.3 is 14.8 Å². The summed E-state index contributed by atoms with van der Waals surface area (Å²) in [5.74, 6) is -0.211. The third-order valence-corrected chi connectivity index (χ3v) is 3.53. The number of rotatable bonds is 4. The van der Waals surface area contributed by atoms with Gasteiger partial charge in [0, 0.05) is 11.3 Å². The molecule has 0 bridgehead atoms. The zero-order chi connectivity index (χ0) is 17.7. The molecule has 1 N–H and O–H groups in total. The van der Waals surface area contributed by atoms with Crippen molar-refractivity contribution >= 4 is 23.1 Å². The lowest BCUT2D eigenvalue weighted by Gasteiger charge is -2.16. The summed E-state index contributed by atoms with van der Waals surface area (Å²) in [4.78, 5) is 0. The van der Waals surface area contributed by atoms with E-state index in [2.05, 4.69) is 5.32 Å². The first kappa shape index (κ1) is 18.1. The van der Waals surface area contributed by atoms with Crippen LogP contribution < -0.4 is 10.1 Å². The highest BCUT2D eigenvalue weighted by Crippen LogP contribution is 2.37. The highest BCUT2D eigenvalue weighted by atomic mass is 32.1. The van der Waals surface area contributed by atoms with Crippen molar-refractivity contribution in [2.75, 3.05) is 12.4 Å². The van der Waals surface area contributed by atoms with Crippen molar-refractivity contribution in [2.45, 2.75) is 19.7 Å². The summed E-state index contributed by atoms with van der Waals surface area (Å²) < 4.78 is 49.7. The van der Waals surface area contributed by atoms with E-state index in [9.17, 15) is 13.2 Å². The second-order valence-corrected chi connectivity index (χ2v) is 5.43. The Labute approximate surface area is 143 Å². The van der Waals surface area contributed by atoms with E-state index in [1.807, 2.05) is 0 Å². The van der Waals surface area contributed by atoms with Gasteiger partial charge in [-0.1, -0.05) is 29.8 Å². The normalized spacial score (nSPS) is 11.0. The molecular weight excluding hydrogens is 339 g/mol. The van der Waals surface area contributed by atoms with Crippen LogP contribution in [0.1, 0.15) is 16.7 Å². The summed E-state index contributed by atoms with van der Waals surface area (Å²) in [6, 6.07) is 11.0. The number of hydrogen-bond donors (Lipinski definition) is 1. The van der Waals surface area contributed by atoms with E-state index in [1.54, 1.807) is 37.3 Å². The van der Waals surface area contributed by atoms with Crippen LogP contribution >= 0.6 is 12.2 Å². The van der Waals surface area contributed by atoms with Crippen molar-refractivity contribution in [1.29, 1.82) is 0 Å². The first-order valence-corrected chi connectivity index (χ1v) is 7.45. The fourth-order valence-corrected chi connectivity index (χ4v) is 2.19. The Morgan fingerprint density at radius 3 is 2.54 bits per heavy atom. The summed E-state index contributed by atoms with van der Waals surface area (Å²) >= 11 is 4.94. The molecule has 2 aromatic carbocycles. The molecule has 0 atom stereocenters. The number of hydrogen-bond acceptors (Lipinski definition) is 3. The largest absolute Gasteiger partial charge is 0.488 e. The smallest absolute Gasteiger partial charge is 0.419 e. The number of aryl methyl sites for hydroxylation is 1. The molecule has 0 unspecified atom stereocenters. The Kier molecular flexibility index (Phi) is 5.66. The van der Waals surface area contributed by atoms with Crippen LogP contribution in [0.5, 0.6) is 5.75 Å². The summed E-state index contributed by atoms with van der Waals surface area (Å²) in [5.41, 5.74) is 0.998. The van der Waals surface area contributed by atoms with Crippen LogP contribution in [-0.4, -0.2) is 12.3 Å². The van der Waals surface area contributed by atoms with Crippen molar-refractivity contribution in [3.8, 4) is 5.75 Å². The number of methoxy groups -OCH3 is 1. The van der Waals surface area contributed by atoms with Crippen LogP contribution in [0.2, 0.25) is 0 Å². The first-order chi connectivity index (χ1) is 11.3. The lowest BCUT2D eigenvalue weighted by atomic mass is 10.1. The molecule has 3 nitrogen and oxygen atoms in total. The second-order valence-electron chi connectivity index (χ2n) is 5.06. The standard InChI is InChI=1S/C17H16F3NO2S/c1-11-7-8-15(13(9-11)17(18,19)20)23-10-12-5-3-4-6-14(12)21-16(24)22-2/h3-9H,10H2,1-2H3,(H,21,24). The Morgan fingerprint density at radius 2 is 1.88 bits per heavy atom. The van der Waals surface area contributed by atoms with Gasteiger partial charge in [-0.05, 0) is 37.3 Å². The molecule has 0 amide bonds. The summed E-state index contributed by atoms with van der Waals surface area (Å²) in [6.07, 6.45) is -4.48. The van der Waals surface area contributed by atoms with Crippen LogP contribution in [-0.2, 0) is 17.5 Å². The van der Waals surface area contributed by atoms with Gasteiger partial charge in [0.05, 0.1) is 12.7 Å². The topological polar surface area (TPSA) is 30.5 Å². The molecular formula is C17H16F3NO2S. The van der Waals surface area contributed by atoms with E-state index >= 15 is 0 Å². The predicted molar refractivity (Wildman–Crippen MR) is 90.2 cm³/mol. The van der Waals surface area contributed by atoms with Crippen molar-refractivity contribution in [3.63, 3.8) is 0 Å². The van der Waals surface area contributed by atoms with Crippen LogP contribution in [0.4, 0.5) is 18.9 Å². The number of halogens is 3. The minimum atomic E-state index is -4.48. The van der Waals surface area contributed by atoms with Crippen molar-refractivity contribution in [2.24, 2.45) is 0 Å². The zero-order valence-electron chi connectivity index (χ0n) is 13.1. The molecule has 0 aliphatic rings. The number of nitrogens with one attached hydrogen (secondary N) is 1. The fourth-order valence-electron chi connectivity index (χ4n) is 2.08. The van der Waals surface area contributed by atoms with Crippen molar-refractivity contribution < 1.29 is 22.6 Å². The van der Waals surface area contributed by atoms with Gasteiger partial charge in [-0.15, -0.1) is 0 Å². The number of ether oxygens (including phenoxy) is 2. The second kappa shape index (κ2) is 7.53. The lowest BCUT2D eigenvalue weighted by molar-refractivity contribution is -0.139. The molecule has 0 radical (unpaired) electrons. The fraction of sp³-hybridized carbons (Fsp3) is 0.235. The van der Waals surface area contributed by atoms with Gasteiger partial charge in [0.1, 0.15) is 12.4 Å². The Morgan fingerprint density at radius 1 is 1.17 bits per heavy atom. The average Bonchev–Trinajstić information content (AvgIpc) is 2.54.